The van der Waals surface area contributed by atoms with E-state index in [9.17, 15) is 0 Å². The van der Waals surface area contributed by atoms with E-state index in [1.54, 1.807) is 18.3 Å². The van der Waals surface area contributed by atoms with Crippen LogP contribution in [0.3, 0.4) is 0 Å². The Bertz CT molecular complexity index is 703. The van der Waals surface area contributed by atoms with E-state index in [-0.39, 0.29) is 0 Å². The Morgan fingerprint density at radius 1 is 1.23 bits per heavy atom. The molecular formula is C18H16Cl3N. The molecule has 0 aliphatic heterocycles. The number of nitrogens with zero attached hydrogens (tertiary/aromatic N) is 1. The minimum atomic E-state index is 0.400. The third kappa shape index (κ3) is 5.05. The summed E-state index contributed by atoms with van der Waals surface area (Å²) in [6.07, 6.45) is 8.97. The predicted octanol–water partition coefficient (Wildman–Crippen LogP) is 6.84. The second kappa shape index (κ2) is 9.50. The van der Waals surface area contributed by atoms with Crippen molar-refractivity contribution in [1.29, 1.82) is 0 Å². The van der Waals surface area contributed by atoms with Crippen molar-refractivity contribution in [2.75, 3.05) is 0 Å². The number of allylic oxidation sites excluding steroid dienone is 6. The van der Waals surface area contributed by atoms with Gasteiger partial charge in [0.15, 0.2) is 0 Å². The SMILES string of the molecule is C=C=C(/C=C/C(=C\C)C(/Cl)=N\C=C/C)c1cccc(Cl)c1Cl. The van der Waals surface area contributed by atoms with Gasteiger partial charge < -0.3 is 0 Å². The van der Waals surface area contributed by atoms with Crippen molar-refractivity contribution >= 4 is 45.5 Å². The van der Waals surface area contributed by atoms with Gasteiger partial charge in [-0.2, -0.15) is 0 Å². The Hall–Kier alpha value is -1.50. The van der Waals surface area contributed by atoms with Gasteiger partial charge in [0.1, 0.15) is 5.17 Å². The summed E-state index contributed by atoms with van der Waals surface area (Å²) in [7, 11) is 0. The highest BCUT2D eigenvalue weighted by atomic mass is 35.5. The quantitative estimate of drug-likeness (QED) is 0.312. The van der Waals surface area contributed by atoms with Crippen LogP contribution in [0.5, 0.6) is 0 Å². The molecule has 1 nitrogen and oxygen atoms in total. The summed E-state index contributed by atoms with van der Waals surface area (Å²) >= 11 is 18.4. The molecule has 114 valence electrons. The molecule has 0 amide bonds. The highest BCUT2D eigenvalue weighted by Crippen LogP contribution is 2.30. The zero-order valence-electron chi connectivity index (χ0n) is 12.4. The van der Waals surface area contributed by atoms with E-state index >= 15 is 0 Å². The third-order valence-corrected chi connectivity index (χ3v) is 3.88. The molecule has 0 spiro atoms. The van der Waals surface area contributed by atoms with E-state index in [4.69, 9.17) is 34.8 Å². The number of rotatable bonds is 5. The van der Waals surface area contributed by atoms with E-state index in [0.717, 1.165) is 16.7 Å². The normalized spacial score (nSPS) is 13.0. The number of aliphatic imine (C=N–C) groups is 1. The lowest BCUT2D eigenvalue weighted by Gasteiger charge is -2.05. The van der Waals surface area contributed by atoms with Crippen LogP contribution in [0.25, 0.3) is 5.57 Å². The number of hydrogen-bond donors (Lipinski definition) is 0. The van der Waals surface area contributed by atoms with Crippen molar-refractivity contribution in [2.24, 2.45) is 4.99 Å². The van der Waals surface area contributed by atoms with Gasteiger partial charge in [0, 0.05) is 22.9 Å². The highest BCUT2D eigenvalue weighted by Gasteiger charge is 2.07. The summed E-state index contributed by atoms with van der Waals surface area (Å²) in [6.45, 7) is 7.46. The molecule has 0 saturated heterocycles. The average Bonchev–Trinajstić information content (AvgIpc) is 2.52. The van der Waals surface area contributed by atoms with Crippen LogP contribution in [0, 0.1) is 0 Å². The minimum Gasteiger partial charge on any atom is -0.244 e. The fraction of sp³-hybridized carbons (Fsp3) is 0.111. The highest BCUT2D eigenvalue weighted by molar-refractivity contribution is 6.70. The molecule has 0 aliphatic carbocycles. The number of halogens is 3. The molecule has 0 aliphatic rings. The van der Waals surface area contributed by atoms with Gasteiger partial charge in [-0.3, -0.25) is 0 Å². The molecule has 4 heteroatoms. The smallest absolute Gasteiger partial charge is 0.135 e. The van der Waals surface area contributed by atoms with E-state index in [2.05, 4.69) is 17.3 Å². The van der Waals surface area contributed by atoms with Crippen molar-refractivity contribution in [3.05, 3.63) is 82.2 Å². The Morgan fingerprint density at radius 2 is 1.95 bits per heavy atom. The summed E-state index contributed by atoms with van der Waals surface area (Å²) in [5, 5.41) is 1.35. The Labute approximate surface area is 146 Å². The van der Waals surface area contributed by atoms with Crippen LogP contribution >= 0.6 is 34.8 Å². The van der Waals surface area contributed by atoms with Crippen molar-refractivity contribution < 1.29 is 0 Å². The summed E-state index contributed by atoms with van der Waals surface area (Å²) in [5.74, 6) is 0. The first kappa shape index (κ1) is 18.5. The van der Waals surface area contributed by atoms with E-state index in [0.29, 0.717) is 15.2 Å². The van der Waals surface area contributed by atoms with Gasteiger partial charge in [0.05, 0.1) is 10.0 Å². The molecule has 0 saturated carbocycles. The van der Waals surface area contributed by atoms with E-state index in [1.807, 2.05) is 44.2 Å². The van der Waals surface area contributed by atoms with Crippen LogP contribution in [-0.4, -0.2) is 5.17 Å². The molecule has 0 aromatic heterocycles. The van der Waals surface area contributed by atoms with Gasteiger partial charge in [-0.25, -0.2) is 4.99 Å². The topological polar surface area (TPSA) is 12.4 Å². The maximum atomic E-state index is 6.22. The lowest BCUT2D eigenvalue weighted by atomic mass is 10.1. The molecule has 0 N–H and O–H groups in total. The molecule has 0 unspecified atom stereocenters. The monoisotopic (exact) mass is 351 g/mol. The fourth-order valence-electron chi connectivity index (χ4n) is 1.63. The molecular weight excluding hydrogens is 337 g/mol. The Morgan fingerprint density at radius 3 is 2.55 bits per heavy atom. The largest absolute Gasteiger partial charge is 0.244 e. The van der Waals surface area contributed by atoms with Crippen LogP contribution < -0.4 is 0 Å². The van der Waals surface area contributed by atoms with Gasteiger partial charge in [0.25, 0.3) is 0 Å². The number of benzene rings is 1. The van der Waals surface area contributed by atoms with Crippen molar-refractivity contribution in [3.63, 3.8) is 0 Å². The lowest BCUT2D eigenvalue weighted by Crippen LogP contribution is -1.90. The van der Waals surface area contributed by atoms with Crippen LogP contribution in [0.2, 0.25) is 10.0 Å². The first-order valence-corrected chi connectivity index (χ1v) is 7.72. The number of hydrogen-bond acceptors (Lipinski definition) is 1. The van der Waals surface area contributed by atoms with E-state index in [1.165, 1.54) is 0 Å². The van der Waals surface area contributed by atoms with E-state index < -0.39 is 0 Å². The van der Waals surface area contributed by atoms with Gasteiger partial charge in [0.2, 0.25) is 0 Å². The third-order valence-electron chi connectivity index (χ3n) is 2.75. The minimum absolute atomic E-state index is 0.400. The maximum Gasteiger partial charge on any atom is 0.135 e. The molecule has 1 aromatic carbocycles. The second-order valence-corrected chi connectivity index (χ2v) is 5.31. The zero-order chi connectivity index (χ0) is 16.5. The van der Waals surface area contributed by atoms with Crippen LogP contribution in [-0.2, 0) is 0 Å². The summed E-state index contributed by atoms with van der Waals surface area (Å²) in [6, 6.07) is 5.42. The molecule has 1 rings (SSSR count). The zero-order valence-corrected chi connectivity index (χ0v) is 14.7. The van der Waals surface area contributed by atoms with Gasteiger partial charge >= 0.3 is 0 Å². The van der Waals surface area contributed by atoms with Gasteiger partial charge in [-0.1, -0.05) is 71.7 Å². The van der Waals surface area contributed by atoms with Crippen LogP contribution in [0.4, 0.5) is 0 Å². The molecule has 0 heterocycles. The van der Waals surface area contributed by atoms with Gasteiger partial charge in [-0.15, -0.1) is 5.73 Å². The molecule has 0 radical (unpaired) electrons. The molecule has 1 aromatic rings. The first-order chi connectivity index (χ1) is 10.5. The fourth-order valence-corrected chi connectivity index (χ4v) is 2.26. The maximum absolute atomic E-state index is 6.22. The summed E-state index contributed by atoms with van der Waals surface area (Å²) in [5.41, 5.74) is 5.13. The predicted molar refractivity (Wildman–Crippen MR) is 100 cm³/mol. The van der Waals surface area contributed by atoms with Crippen LogP contribution in [0.15, 0.2) is 71.6 Å². The second-order valence-electron chi connectivity index (χ2n) is 4.17. The van der Waals surface area contributed by atoms with Crippen molar-refractivity contribution in [2.45, 2.75) is 13.8 Å². The molecule has 0 bridgehead atoms. The molecule has 0 atom stereocenters. The summed E-state index contributed by atoms with van der Waals surface area (Å²) < 4.78 is 0. The summed E-state index contributed by atoms with van der Waals surface area (Å²) in [4.78, 5) is 4.11. The first-order valence-electron chi connectivity index (χ1n) is 6.58. The van der Waals surface area contributed by atoms with Crippen molar-refractivity contribution in [3.8, 4) is 0 Å². The van der Waals surface area contributed by atoms with Crippen LogP contribution in [0.1, 0.15) is 19.4 Å². The van der Waals surface area contributed by atoms with Gasteiger partial charge in [-0.05, 0) is 26.0 Å². The Kier molecular flexibility index (Phi) is 8.01. The molecule has 0 fully saturated rings. The standard InChI is InChI=1S/C18H16Cl3N/c1-4-12-22-18(21)14(6-3)11-10-13(5-2)15-8-7-9-16(19)17(15)20/h4,6-12H,2H2,1,3H3/b11-10+,12-4-,14-6+,22-18+. The Balaban J connectivity index is 3.14. The molecule has 22 heavy (non-hydrogen) atoms. The van der Waals surface area contributed by atoms with Crippen molar-refractivity contribution in [1.82, 2.24) is 0 Å². The average molecular weight is 353 g/mol. The lowest BCUT2D eigenvalue weighted by molar-refractivity contribution is 1.52.